The van der Waals surface area contributed by atoms with Crippen molar-refractivity contribution in [2.45, 2.75) is 33.1 Å². The number of hydrogen-bond donors (Lipinski definition) is 1. The van der Waals surface area contributed by atoms with Crippen LogP contribution >= 0.6 is 0 Å². The summed E-state index contributed by atoms with van der Waals surface area (Å²) in [7, 11) is 1.30. The van der Waals surface area contributed by atoms with Crippen molar-refractivity contribution < 1.29 is 28.3 Å². The summed E-state index contributed by atoms with van der Waals surface area (Å²) in [4.78, 5) is 36.9. The number of fused-ring (bicyclic) bond motifs is 1. The Labute approximate surface area is 196 Å². The van der Waals surface area contributed by atoms with Crippen molar-refractivity contribution in [3.63, 3.8) is 0 Å². The Morgan fingerprint density at radius 1 is 0.971 bits per heavy atom. The highest BCUT2D eigenvalue weighted by molar-refractivity contribution is 6.07. The van der Waals surface area contributed by atoms with E-state index in [9.17, 15) is 14.4 Å². The third-order valence-corrected chi connectivity index (χ3v) is 5.68. The summed E-state index contributed by atoms with van der Waals surface area (Å²) < 4.78 is 16.0. The monoisotopic (exact) mass is 460 g/mol. The van der Waals surface area contributed by atoms with E-state index in [4.69, 9.17) is 9.15 Å². The molecule has 0 saturated carbocycles. The zero-order valence-corrected chi connectivity index (χ0v) is 19.1. The van der Waals surface area contributed by atoms with Gasteiger partial charge in [0.2, 0.25) is 5.76 Å². The number of esters is 2. The van der Waals surface area contributed by atoms with Crippen molar-refractivity contribution in [3.8, 4) is 5.75 Å². The van der Waals surface area contributed by atoms with Gasteiger partial charge in [-0.15, -0.1) is 0 Å². The molecular formula is C26H24N2O6. The van der Waals surface area contributed by atoms with Crippen LogP contribution in [-0.2, 0) is 11.2 Å². The lowest BCUT2D eigenvalue weighted by atomic mass is 9.93. The predicted molar refractivity (Wildman–Crippen MR) is 124 cm³/mol. The Balaban J connectivity index is 1.53. The molecule has 8 nitrogen and oxygen atoms in total. The van der Waals surface area contributed by atoms with Gasteiger partial charge in [0.25, 0.3) is 5.91 Å². The van der Waals surface area contributed by atoms with E-state index in [2.05, 4.69) is 15.3 Å². The van der Waals surface area contributed by atoms with Gasteiger partial charge in [0.1, 0.15) is 11.5 Å². The summed E-state index contributed by atoms with van der Waals surface area (Å²) in [5, 5.41) is 4.35. The highest BCUT2D eigenvalue weighted by atomic mass is 16.5. The molecule has 2 aromatic carbocycles. The second kappa shape index (κ2) is 9.74. The van der Waals surface area contributed by atoms with Crippen LogP contribution in [0.15, 0.2) is 58.0 Å². The number of carbonyl (C=O) groups is 3. The first-order valence-corrected chi connectivity index (χ1v) is 10.8. The van der Waals surface area contributed by atoms with E-state index in [1.807, 2.05) is 19.1 Å². The van der Waals surface area contributed by atoms with Crippen LogP contribution in [0.1, 0.15) is 66.6 Å². The normalized spacial score (nSPS) is 13.8. The summed E-state index contributed by atoms with van der Waals surface area (Å²) in [6, 6.07) is 13.3. The Morgan fingerprint density at radius 2 is 1.71 bits per heavy atom. The van der Waals surface area contributed by atoms with Gasteiger partial charge in [0.15, 0.2) is 0 Å². The van der Waals surface area contributed by atoms with Crippen molar-refractivity contribution in [2.24, 2.45) is 5.10 Å². The molecule has 3 aromatic rings. The SMILES string of the molecule is COC(=O)c1ccc(OC(=O)c2oc3c(c2C)/C(=N/NC(=O)c2ccccc2C)CCC3)cc1. The minimum atomic E-state index is -0.652. The Hall–Kier alpha value is -4.20. The number of nitrogens with zero attached hydrogens (tertiary/aromatic N) is 1. The molecule has 0 spiro atoms. The van der Waals surface area contributed by atoms with Crippen LogP contribution in [0.2, 0.25) is 0 Å². The molecule has 1 N–H and O–H groups in total. The van der Waals surface area contributed by atoms with Crippen LogP contribution in [0.25, 0.3) is 0 Å². The molecule has 4 rings (SSSR count). The molecule has 8 heteroatoms. The second-order valence-electron chi connectivity index (χ2n) is 7.93. The maximum Gasteiger partial charge on any atom is 0.379 e. The van der Waals surface area contributed by atoms with E-state index in [1.165, 1.54) is 31.4 Å². The van der Waals surface area contributed by atoms with Crippen molar-refractivity contribution in [2.75, 3.05) is 7.11 Å². The average molecular weight is 460 g/mol. The number of aryl methyl sites for hydroxylation is 2. The molecule has 0 unspecified atom stereocenters. The molecule has 1 amide bonds. The van der Waals surface area contributed by atoms with Crippen molar-refractivity contribution in [1.29, 1.82) is 0 Å². The van der Waals surface area contributed by atoms with Crippen molar-refractivity contribution in [3.05, 3.63) is 87.9 Å². The molecule has 1 heterocycles. The maximum absolute atomic E-state index is 12.8. The zero-order valence-electron chi connectivity index (χ0n) is 19.1. The largest absolute Gasteiger partial charge is 0.465 e. The number of methoxy groups -OCH3 is 1. The molecular weight excluding hydrogens is 436 g/mol. The van der Waals surface area contributed by atoms with Crippen LogP contribution < -0.4 is 10.2 Å². The number of furan rings is 1. The fourth-order valence-electron chi connectivity index (χ4n) is 3.91. The minimum absolute atomic E-state index is 0.0851. The Morgan fingerprint density at radius 3 is 2.41 bits per heavy atom. The summed E-state index contributed by atoms with van der Waals surface area (Å²) in [6.07, 6.45) is 2.08. The molecule has 0 radical (unpaired) electrons. The van der Waals surface area contributed by atoms with E-state index < -0.39 is 11.9 Å². The molecule has 0 bridgehead atoms. The standard InChI is InChI=1S/C26H24N2O6/c1-15-7-4-5-8-19(15)24(29)28-27-20-9-6-10-21-22(20)16(2)23(34-21)26(31)33-18-13-11-17(12-14-18)25(30)32-3/h4-5,7-8,11-14H,6,9-10H2,1-3H3,(H,28,29)/b27-20+. The fraction of sp³-hybridized carbons (Fsp3) is 0.231. The lowest BCUT2D eigenvalue weighted by Gasteiger charge is -2.13. The molecule has 1 aromatic heterocycles. The van der Waals surface area contributed by atoms with Gasteiger partial charge in [0.05, 0.1) is 18.4 Å². The van der Waals surface area contributed by atoms with Gasteiger partial charge in [-0.1, -0.05) is 18.2 Å². The third-order valence-electron chi connectivity index (χ3n) is 5.68. The smallest absolute Gasteiger partial charge is 0.379 e. The summed E-state index contributed by atoms with van der Waals surface area (Å²) in [5.41, 5.74) is 6.37. The van der Waals surface area contributed by atoms with Gasteiger partial charge in [-0.2, -0.15) is 5.10 Å². The number of amides is 1. The highest BCUT2D eigenvalue weighted by Gasteiger charge is 2.29. The molecule has 174 valence electrons. The molecule has 0 aliphatic heterocycles. The van der Waals surface area contributed by atoms with Gasteiger partial charge in [0, 0.05) is 23.1 Å². The molecule has 1 aliphatic rings. The van der Waals surface area contributed by atoms with E-state index in [1.54, 1.807) is 19.1 Å². The van der Waals surface area contributed by atoms with Crippen LogP contribution in [0.5, 0.6) is 5.75 Å². The number of carbonyl (C=O) groups excluding carboxylic acids is 3. The number of hydrogen-bond acceptors (Lipinski definition) is 7. The minimum Gasteiger partial charge on any atom is -0.465 e. The van der Waals surface area contributed by atoms with E-state index in [-0.39, 0.29) is 17.4 Å². The Bertz CT molecular complexity index is 1290. The van der Waals surface area contributed by atoms with Gasteiger partial charge in [-0.3, -0.25) is 4.79 Å². The fourth-order valence-corrected chi connectivity index (χ4v) is 3.91. The lowest BCUT2D eigenvalue weighted by molar-refractivity contribution is 0.0600. The van der Waals surface area contributed by atoms with Crippen LogP contribution in [0.4, 0.5) is 0 Å². The number of nitrogens with one attached hydrogen (secondary N) is 1. The first-order valence-electron chi connectivity index (χ1n) is 10.8. The molecule has 0 fully saturated rings. The number of hydrazone groups is 1. The molecule has 0 saturated heterocycles. The summed E-state index contributed by atoms with van der Waals surface area (Å²) >= 11 is 0. The highest BCUT2D eigenvalue weighted by Crippen LogP contribution is 2.30. The Kier molecular flexibility index (Phi) is 6.58. The molecule has 1 aliphatic carbocycles. The average Bonchev–Trinajstić information content (AvgIpc) is 3.20. The summed E-state index contributed by atoms with van der Waals surface area (Å²) in [6.45, 7) is 3.63. The van der Waals surface area contributed by atoms with Gasteiger partial charge in [-0.05, 0) is 62.6 Å². The lowest BCUT2D eigenvalue weighted by Crippen LogP contribution is -2.22. The maximum atomic E-state index is 12.8. The number of rotatable bonds is 5. The van der Waals surface area contributed by atoms with Crippen LogP contribution in [0, 0.1) is 13.8 Å². The van der Waals surface area contributed by atoms with E-state index >= 15 is 0 Å². The van der Waals surface area contributed by atoms with Crippen LogP contribution in [0.3, 0.4) is 0 Å². The third kappa shape index (κ3) is 4.61. The van der Waals surface area contributed by atoms with Crippen LogP contribution in [-0.4, -0.2) is 30.7 Å². The number of benzene rings is 2. The second-order valence-corrected chi connectivity index (χ2v) is 7.93. The van der Waals surface area contributed by atoms with Gasteiger partial charge < -0.3 is 13.9 Å². The van der Waals surface area contributed by atoms with E-state index in [0.29, 0.717) is 41.0 Å². The first-order chi connectivity index (χ1) is 16.4. The van der Waals surface area contributed by atoms with Crippen molar-refractivity contribution >= 4 is 23.6 Å². The van der Waals surface area contributed by atoms with Gasteiger partial charge >= 0.3 is 11.9 Å². The topological polar surface area (TPSA) is 107 Å². The van der Waals surface area contributed by atoms with Crippen molar-refractivity contribution in [1.82, 2.24) is 5.43 Å². The quantitative estimate of drug-likeness (QED) is 0.344. The van der Waals surface area contributed by atoms with Gasteiger partial charge in [-0.25, -0.2) is 15.0 Å². The zero-order chi connectivity index (χ0) is 24.2. The first kappa shape index (κ1) is 23.0. The van der Waals surface area contributed by atoms with E-state index in [0.717, 1.165) is 17.5 Å². The molecule has 0 atom stereocenters. The molecule has 34 heavy (non-hydrogen) atoms. The summed E-state index contributed by atoms with van der Waals surface area (Å²) in [5.74, 6) is -0.433. The predicted octanol–water partition coefficient (Wildman–Crippen LogP) is 4.37. The number of ether oxygens (including phenoxy) is 2.